The summed E-state index contributed by atoms with van der Waals surface area (Å²) in [6.07, 6.45) is 19.0. The molecule has 0 bridgehead atoms. The normalized spacial score (nSPS) is 13.7. The minimum Gasteiger partial charge on any atom is -0.128 e. The molecule has 3 aromatic rings. The van der Waals surface area contributed by atoms with Crippen molar-refractivity contribution < 1.29 is 0 Å². The van der Waals surface area contributed by atoms with Gasteiger partial charge in [0.1, 0.15) is 0 Å². The third-order valence-corrected chi connectivity index (χ3v) is 9.71. The van der Waals surface area contributed by atoms with Gasteiger partial charge in [0.2, 0.25) is 0 Å². The van der Waals surface area contributed by atoms with Crippen molar-refractivity contribution in [3.63, 3.8) is 0 Å². The third kappa shape index (κ3) is 6.31. The van der Waals surface area contributed by atoms with Crippen LogP contribution in [0, 0.1) is 0 Å². The predicted molar refractivity (Wildman–Crippen MR) is 160 cm³/mol. The van der Waals surface area contributed by atoms with Crippen molar-refractivity contribution in [2.75, 3.05) is 0 Å². The molecule has 0 N–H and O–H groups in total. The van der Waals surface area contributed by atoms with E-state index in [9.17, 15) is 0 Å². The van der Waals surface area contributed by atoms with Gasteiger partial charge in [-0.2, -0.15) is 0 Å². The van der Waals surface area contributed by atoms with Crippen LogP contribution >= 0.6 is 27.3 Å². The molecule has 0 radical (unpaired) electrons. The van der Waals surface area contributed by atoms with Crippen LogP contribution in [0.15, 0.2) is 58.4 Å². The molecular formula is C33H43BrS. The van der Waals surface area contributed by atoms with E-state index in [1.165, 1.54) is 115 Å². The van der Waals surface area contributed by atoms with E-state index in [1.54, 1.807) is 11.1 Å². The second-order valence-electron chi connectivity index (χ2n) is 10.5. The van der Waals surface area contributed by atoms with Crippen LogP contribution in [0.2, 0.25) is 0 Å². The molecule has 2 heteroatoms. The first-order valence-corrected chi connectivity index (χ1v) is 15.8. The maximum atomic E-state index is 3.68. The molecule has 0 saturated carbocycles. The van der Waals surface area contributed by atoms with Gasteiger partial charge in [-0.3, -0.25) is 0 Å². The lowest BCUT2D eigenvalue weighted by Crippen LogP contribution is -2.25. The molecule has 0 fully saturated rings. The van der Waals surface area contributed by atoms with Crippen LogP contribution < -0.4 is 0 Å². The minimum absolute atomic E-state index is 0.173. The number of fused-ring (bicyclic) bond motifs is 3. The largest absolute Gasteiger partial charge is 0.128 e. The number of benzene rings is 2. The number of rotatable bonds is 15. The van der Waals surface area contributed by atoms with Crippen molar-refractivity contribution in [3.8, 4) is 21.6 Å². The predicted octanol–water partition coefficient (Wildman–Crippen LogP) is 11.9. The van der Waals surface area contributed by atoms with Crippen LogP contribution in [0.3, 0.4) is 0 Å². The molecule has 1 aliphatic rings. The molecule has 0 unspecified atom stereocenters. The maximum absolute atomic E-state index is 3.68. The van der Waals surface area contributed by atoms with Gasteiger partial charge in [-0.15, -0.1) is 11.3 Å². The van der Waals surface area contributed by atoms with Crippen LogP contribution in [0.25, 0.3) is 21.6 Å². The summed E-state index contributed by atoms with van der Waals surface area (Å²) in [5, 5.41) is 0. The summed E-state index contributed by atoms with van der Waals surface area (Å²) in [4.78, 5) is 1.36. The van der Waals surface area contributed by atoms with E-state index in [-0.39, 0.29) is 5.41 Å². The fourth-order valence-corrected chi connectivity index (χ4v) is 7.54. The van der Waals surface area contributed by atoms with Gasteiger partial charge < -0.3 is 0 Å². The van der Waals surface area contributed by atoms with Crippen molar-refractivity contribution in [3.05, 3.63) is 69.5 Å². The Kier molecular flexibility index (Phi) is 10.1. The van der Waals surface area contributed by atoms with E-state index >= 15 is 0 Å². The van der Waals surface area contributed by atoms with Crippen molar-refractivity contribution in [1.82, 2.24) is 0 Å². The van der Waals surface area contributed by atoms with Gasteiger partial charge in [0, 0.05) is 10.3 Å². The Balaban J connectivity index is 1.64. The smallest absolute Gasteiger partial charge is 0.0705 e. The highest BCUT2D eigenvalue weighted by molar-refractivity contribution is 9.11. The van der Waals surface area contributed by atoms with Gasteiger partial charge in [0.15, 0.2) is 0 Å². The lowest BCUT2D eigenvalue weighted by Gasteiger charge is -2.33. The molecule has 0 spiro atoms. The Morgan fingerprint density at radius 1 is 0.629 bits per heavy atom. The van der Waals surface area contributed by atoms with Crippen LogP contribution in [-0.4, -0.2) is 0 Å². The quantitative estimate of drug-likeness (QED) is 0.165. The molecule has 1 aliphatic carbocycles. The van der Waals surface area contributed by atoms with Crippen molar-refractivity contribution >= 4 is 27.3 Å². The molecule has 0 saturated heterocycles. The summed E-state index contributed by atoms with van der Waals surface area (Å²) < 4.78 is 1.21. The SMILES string of the molecule is CCCCCCCCC1(CCCCCCCC)c2ccccc2-c2ccc(-c3ccc(Br)s3)cc21. The summed E-state index contributed by atoms with van der Waals surface area (Å²) in [6, 6.07) is 21.1. The number of hydrogen-bond acceptors (Lipinski definition) is 1. The topological polar surface area (TPSA) is 0 Å². The number of hydrogen-bond donors (Lipinski definition) is 0. The Morgan fingerprint density at radius 2 is 1.23 bits per heavy atom. The lowest BCUT2D eigenvalue weighted by atomic mass is 9.70. The van der Waals surface area contributed by atoms with Crippen LogP contribution in [0.4, 0.5) is 0 Å². The number of thiophene rings is 1. The molecule has 0 amide bonds. The standard InChI is InChI=1S/C33H43BrS/c1-3-5-7-9-11-15-23-33(24-16-12-10-8-6-4-2)29-18-14-13-17-27(29)28-20-19-26(25-30(28)33)31-21-22-32(34)35-31/h13-14,17-22,25H,3-12,15-16,23-24H2,1-2H3. The van der Waals surface area contributed by atoms with Crippen LogP contribution in [0.5, 0.6) is 0 Å². The molecular weight excluding hydrogens is 508 g/mol. The molecule has 2 aromatic carbocycles. The van der Waals surface area contributed by atoms with Gasteiger partial charge in [-0.1, -0.05) is 127 Å². The minimum atomic E-state index is 0.173. The fourth-order valence-electron chi connectivity index (χ4n) is 6.16. The van der Waals surface area contributed by atoms with Gasteiger partial charge in [0.25, 0.3) is 0 Å². The second-order valence-corrected chi connectivity index (χ2v) is 13.0. The summed E-state index contributed by atoms with van der Waals surface area (Å²) >= 11 is 5.52. The molecule has 4 rings (SSSR count). The average Bonchev–Trinajstić information content (AvgIpc) is 3.43. The van der Waals surface area contributed by atoms with Crippen LogP contribution in [-0.2, 0) is 5.41 Å². The molecule has 0 atom stereocenters. The highest BCUT2D eigenvalue weighted by atomic mass is 79.9. The van der Waals surface area contributed by atoms with Gasteiger partial charge in [0.05, 0.1) is 3.79 Å². The maximum Gasteiger partial charge on any atom is 0.0705 e. The first kappa shape index (κ1) is 26.7. The van der Waals surface area contributed by atoms with E-state index in [1.807, 2.05) is 11.3 Å². The van der Waals surface area contributed by atoms with Crippen LogP contribution in [0.1, 0.15) is 115 Å². The zero-order valence-electron chi connectivity index (χ0n) is 21.9. The summed E-state index contributed by atoms with van der Waals surface area (Å²) in [7, 11) is 0. The average molecular weight is 552 g/mol. The summed E-state index contributed by atoms with van der Waals surface area (Å²) in [5.41, 5.74) is 7.72. The monoisotopic (exact) mass is 550 g/mol. The number of halogens is 1. The Bertz CT molecular complexity index is 1050. The summed E-state index contributed by atoms with van der Waals surface area (Å²) in [5.74, 6) is 0. The van der Waals surface area contributed by atoms with Gasteiger partial charge in [-0.25, -0.2) is 0 Å². The van der Waals surface area contributed by atoms with Gasteiger partial charge >= 0.3 is 0 Å². The highest BCUT2D eigenvalue weighted by Gasteiger charge is 2.42. The molecule has 1 aromatic heterocycles. The fraction of sp³-hybridized carbons (Fsp3) is 0.515. The Morgan fingerprint density at radius 3 is 1.86 bits per heavy atom. The van der Waals surface area contributed by atoms with E-state index in [4.69, 9.17) is 0 Å². The molecule has 35 heavy (non-hydrogen) atoms. The highest BCUT2D eigenvalue weighted by Crippen LogP contribution is 2.55. The van der Waals surface area contributed by atoms with E-state index in [0.29, 0.717) is 0 Å². The third-order valence-electron chi connectivity index (χ3n) is 8.04. The summed E-state index contributed by atoms with van der Waals surface area (Å²) in [6.45, 7) is 4.62. The number of unbranched alkanes of at least 4 members (excludes halogenated alkanes) is 10. The van der Waals surface area contributed by atoms with E-state index in [0.717, 1.165) is 0 Å². The first-order valence-electron chi connectivity index (χ1n) is 14.2. The molecule has 0 nitrogen and oxygen atoms in total. The van der Waals surface area contributed by atoms with Gasteiger partial charge in [-0.05, 0) is 74.8 Å². The Labute approximate surface area is 226 Å². The zero-order valence-corrected chi connectivity index (χ0v) is 24.3. The second kappa shape index (κ2) is 13.2. The van der Waals surface area contributed by atoms with Crippen molar-refractivity contribution in [2.45, 2.75) is 109 Å². The first-order chi connectivity index (χ1) is 17.2. The van der Waals surface area contributed by atoms with Crippen molar-refractivity contribution in [1.29, 1.82) is 0 Å². The van der Waals surface area contributed by atoms with E-state index in [2.05, 4.69) is 84.4 Å². The molecule has 1 heterocycles. The lowest BCUT2D eigenvalue weighted by molar-refractivity contribution is 0.398. The Hall–Kier alpha value is -1.38. The van der Waals surface area contributed by atoms with E-state index < -0.39 is 0 Å². The zero-order chi connectivity index (χ0) is 24.5. The van der Waals surface area contributed by atoms with Crippen molar-refractivity contribution in [2.24, 2.45) is 0 Å². The molecule has 188 valence electrons. The molecule has 0 aliphatic heterocycles.